The largest absolute Gasteiger partial charge is 0.309 e. The summed E-state index contributed by atoms with van der Waals surface area (Å²) in [5, 5.41) is 3.84. The van der Waals surface area contributed by atoms with Gasteiger partial charge in [-0.25, -0.2) is 0 Å². The highest BCUT2D eigenvalue weighted by Crippen LogP contribution is 2.33. The number of piperidine rings is 2. The fourth-order valence-electron chi connectivity index (χ4n) is 3.90. The Morgan fingerprint density at radius 2 is 1.86 bits per heavy atom. The van der Waals surface area contributed by atoms with E-state index in [9.17, 15) is 0 Å². The molecule has 118 valence electrons. The van der Waals surface area contributed by atoms with Gasteiger partial charge in [0.25, 0.3) is 0 Å². The predicted molar refractivity (Wildman–Crippen MR) is 92.1 cm³/mol. The Bertz CT molecular complexity index is 460. The molecular formula is C18H30N2S. The van der Waals surface area contributed by atoms with Crippen molar-refractivity contribution in [3.05, 3.63) is 21.9 Å². The van der Waals surface area contributed by atoms with Gasteiger partial charge in [0.15, 0.2) is 0 Å². The van der Waals surface area contributed by atoms with E-state index in [1.807, 2.05) is 11.3 Å². The molecule has 2 atom stereocenters. The van der Waals surface area contributed by atoms with Gasteiger partial charge in [-0.2, -0.15) is 0 Å². The summed E-state index contributed by atoms with van der Waals surface area (Å²) in [7, 11) is 2.33. The number of thiophene rings is 1. The van der Waals surface area contributed by atoms with Gasteiger partial charge in [-0.05, 0) is 50.3 Å². The van der Waals surface area contributed by atoms with Gasteiger partial charge in [0, 0.05) is 34.4 Å². The third-order valence-electron chi connectivity index (χ3n) is 5.31. The number of nitrogens with zero attached hydrogens (tertiary/aromatic N) is 1. The summed E-state index contributed by atoms with van der Waals surface area (Å²) < 4.78 is 0. The Balaban J connectivity index is 1.55. The van der Waals surface area contributed by atoms with Crippen molar-refractivity contribution in [2.24, 2.45) is 0 Å². The van der Waals surface area contributed by atoms with Crippen LogP contribution in [0.25, 0.3) is 0 Å². The van der Waals surface area contributed by atoms with Crippen LogP contribution in [-0.4, -0.2) is 30.1 Å². The summed E-state index contributed by atoms with van der Waals surface area (Å²) in [4.78, 5) is 5.63. The highest BCUT2D eigenvalue weighted by Gasteiger charge is 2.35. The lowest BCUT2D eigenvalue weighted by Gasteiger charge is -2.47. The highest BCUT2D eigenvalue weighted by atomic mass is 32.1. The summed E-state index contributed by atoms with van der Waals surface area (Å²) in [6, 6.07) is 6.99. The first-order valence-electron chi connectivity index (χ1n) is 8.48. The molecule has 2 unspecified atom stereocenters. The molecule has 1 aromatic heterocycles. The molecule has 1 aromatic rings. The lowest BCUT2D eigenvalue weighted by atomic mass is 9.82. The van der Waals surface area contributed by atoms with Gasteiger partial charge < -0.3 is 10.2 Å². The lowest BCUT2D eigenvalue weighted by Crippen LogP contribution is -2.54. The molecular weight excluding hydrogens is 276 g/mol. The fourth-order valence-corrected chi connectivity index (χ4v) is 4.92. The maximum atomic E-state index is 3.84. The molecule has 0 amide bonds. The second kappa shape index (κ2) is 6.02. The summed E-state index contributed by atoms with van der Waals surface area (Å²) in [5.74, 6) is 0. The maximum absolute atomic E-state index is 3.84. The van der Waals surface area contributed by atoms with E-state index >= 15 is 0 Å². The zero-order chi connectivity index (χ0) is 15.0. The molecule has 2 saturated heterocycles. The Kier molecular flexibility index (Phi) is 4.45. The van der Waals surface area contributed by atoms with Gasteiger partial charge in [-0.1, -0.05) is 27.2 Å². The first-order chi connectivity index (χ1) is 9.93. The molecule has 3 heteroatoms. The van der Waals surface area contributed by atoms with Crippen LogP contribution in [0.1, 0.15) is 62.6 Å². The molecule has 0 radical (unpaired) electrons. The molecule has 2 fully saturated rings. The van der Waals surface area contributed by atoms with Crippen molar-refractivity contribution in [1.82, 2.24) is 10.2 Å². The van der Waals surface area contributed by atoms with Crippen LogP contribution in [0.5, 0.6) is 0 Å². The second-order valence-corrected chi connectivity index (χ2v) is 9.14. The van der Waals surface area contributed by atoms with Crippen molar-refractivity contribution in [3.8, 4) is 0 Å². The van der Waals surface area contributed by atoms with Crippen molar-refractivity contribution in [2.45, 2.75) is 83.0 Å². The SMILES string of the molecule is CN1C2CCCC1CC(NCc1ccc(C(C)(C)C)s1)C2. The summed E-state index contributed by atoms with van der Waals surface area (Å²) >= 11 is 1.98. The van der Waals surface area contributed by atoms with E-state index in [1.165, 1.54) is 41.9 Å². The molecule has 2 nitrogen and oxygen atoms in total. The number of nitrogens with one attached hydrogen (secondary N) is 1. The fraction of sp³-hybridized carbons (Fsp3) is 0.778. The van der Waals surface area contributed by atoms with Crippen LogP contribution in [-0.2, 0) is 12.0 Å². The van der Waals surface area contributed by atoms with Crippen LogP contribution in [0.3, 0.4) is 0 Å². The zero-order valence-electron chi connectivity index (χ0n) is 14.0. The first kappa shape index (κ1) is 15.5. The molecule has 3 heterocycles. The predicted octanol–water partition coefficient (Wildman–Crippen LogP) is 4.15. The Labute approximate surface area is 133 Å². The van der Waals surface area contributed by atoms with Gasteiger partial charge in [0.1, 0.15) is 0 Å². The lowest BCUT2D eigenvalue weighted by molar-refractivity contribution is 0.0483. The van der Waals surface area contributed by atoms with Gasteiger partial charge >= 0.3 is 0 Å². The molecule has 0 saturated carbocycles. The van der Waals surface area contributed by atoms with Gasteiger partial charge in [-0.3, -0.25) is 0 Å². The number of hydrogen-bond acceptors (Lipinski definition) is 3. The average molecular weight is 307 g/mol. The molecule has 2 bridgehead atoms. The summed E-state index contributed by atoms with van der Waals surface area (Å²) in [6.07, 6.45) is 6.91. The Hall–Kier alpha value is -0.380. The van der Waals surface area contributed by atoms with Crippen LogP contribution in [0, 0.1) is 0 Å². The molecule has 0 aromatic carbocycles. The van der Waals surface area contributed by atoms with Crippen LogP contribution < -0.4 is 5.32 Å². The average Bonchev–Trinajstić information content (AvgIpc) is 2.85. The van der Waals surface area contributed by atoms with Crippen LogP contribution in [0.4, 0.5) is 0 Å². The van der Waals surface area contributed by atoms with Crippen LogP contribution in [0.2, 0.25) is 0 Å². The van der Waals surface area contributed by atoms with Crippen molar-refractivity contribution >= 4 is 11.3 Å². The molecule has 21 heavy (non-hydrogen) atoms. The monoisotopic (exact) mass is 306 g/mol. The molecule has 3 rings (SSSR count). The van der Waals surface area contributed by atoms with E-state index < -0.39 is 0 Å². The molecule has 0 spiro atoms. The van der Waals surface area contributed by atoms with Crippen LogP contribution in [0.15, 0.2) is 12.1 Å². The van der Waals surface area contributed by atoms with Gasteiger partial charge in [0.05, 0.1) is 0 Å². The number of fused-ring (bicyclic) bond motifs is 2. The Morgan fingerprint density at radius 1 is 1.19 bits per heavy atom. The minimum absolute atomic E-state index is 0.285. The highest BCUT2D eigenvalue weighted by molar-refractivity contribution is 7.12. The van der Waals surface area contributed by atoms with Crippen LogP contribution >= 0.6 is 11.3 Å². The van der Waals surface area contributed by atoms with Gasteiger partial charge in [0.2, 0.25) is 0 Å². The minimum Gasteiger partial charge on any atom is -0.309 e. The van der Waals surface area contributed by atoms with E-state index in [4.69, 9.17) is 0 Å². The van der Waals surface area contributed by atoms with E-state index in [0.717, 1.165) is 24.7 Å². The van der Waals surface area contributed by atoms with E-state index in [-0.39, 0.29) is 5.41 Å². The minimum atomic E-state index is 0.285. The maximum Gasteiger partial charge on any atom is 0.0302 e. The smallest absolute Gasteiger partial charge is 0.0302 e. The van der Waals surface area contributed by atoms with Crippen molar-refractivity contribution in [2.75, 3.05) is 7.05 Å². The number of hydrogen-bond donors (Lipinski definition) is 1. The number of rotatable bonds is 3. The molecule has 2 aliphatic heterocycles. The standard InChI is InChI=1S/C18H30N2S/c1-18(2,3)17-9-8-16(21-17)12-19-13-10-14-6-5-7-15(11-13)20(14)4/h8-9,13-15,19H,5-7,10-12H2,1-4H3. The topological polar surface area (TPSA) is 15.3 Å². The van der Waals surface area contributed by atoms with Gasteiger partial charge in [-0.15, -0.1) is 11.3 Å². The molecule has 2 aliphatic rings. The normalized spacial score (nSPS) is 30.6. The Morgan fingerprint density at radius 3 is 2.43 bits per heavy atom. The molecule has 0 aliphatic carbocycles. The second-order valence-electron chi connectivity index (χ2n) is 7.97. The van der Waals surface area contributed by atoms with Crippen molar-refractivity contribution < 1.29 is 0 Å². The first-order valence-corrected chi connectivity index (χ1v) is 9.29. The van der Waals surface area contributed by atoms with E-state index in [1.54, 1.807) is 0 Å². The quantitative estimate of drug-likeness (QED) is 0.902. The van der Waals surface area contributed by atoms with E-state index in [2.05, 4.69) is 50.2 Å². The third kappa shape index (κ3) is 3.52. The van der Waals surface area contributed by atoms with Crippen molar-refractivity contribution in [3.63, 3.8) is 0 Å². The summed E-state index contributed by atoms with van der Waals surface area (Å²) in [5.41, 5.74) is 0.285. The zero-order valence-corrected chi connectivity index (χ0v) is 14.8. The third-order valence-corrected chi connectivity index (χ3v) is 6.82. The van der Waals surface area contributed by atoms with E-state index in [0.29, 0.717) is 0 Å². The van der Waals surface area contributed by atoms with Crippen molar-refractivity contribution in [1.29, 1.82) is 0 Å². The molecule has 1 N–H and O–H groups in total. The summed E-state index contributed by atoms with van der Waals surface area (Å²) in [6.45, 7) is 7.95.